The van der Waals surface area contributed by atoms with Gasteiger partial charge in [0.2, 0.25) is 0 Å². The fourth-order valence-corrected chi connectivity index (χ4v) is 4.11. The molecule has 1 aliphatic rings. The molecule has 0 aromatic rings. The third-order valence-electron chi connectivity index (χ3n) is 6.48. The van der Waals surface area contributed by atoms with Gasteiger partial charge in [-0.1, -0.05) is 84.3 Å². The van der Waals surface area contributed by atoms with Crippen LogP contribution in [0.15, 0.2) is 12.2 Å². The van der Waals surface area contributed by atoms with Crippen molar-refractivity contribution in [1.82, 2.24) is 0 Å². The minimum absolute atomic E-state index is 0.313. The molecular formula is C26H48O2. The zero-order valence-corrected chi connectivity index (χ0v) is 19.2. The van der Waals surface area contributed by atoms with E-state index in [1.165, 1.54) is 77.0 Å². The topological polar surface area (TPSA) is 26.3 Å². The lowest BCUT2D eigenvalue weighted by molar-refractivity contribution is -0.119. The number of ketones is 1. The molecule has 28 heavy (non-hydrogen) atoms. The standard InChI is InChI=1S/C26H48O2/c1-4-5-6-7-8-9-10-11-12-13-14-15-16-17-18-19-25(27)20-21-26-24(3)23(2)22-28-26/h11-12,23-24,26H,4-10,13-22H2,1-3H3. The largest absolute Gasteiger partial charge is 0.378 e. The van der Waals surface area contributed by atoms with Crippen LogP contribution in [-0.2, 0) is 9.53 Å². The van der Waals surface area contributed by atoms with E-state index in [-0.39, 0.29) is 0 Å². The first-order chi connectivity index (χ1) is 13.6. The Labute approximate surface area is 175 Å². The van der Waals surface area contributed by atoms with Crippen molar-refractivity contribution < 1.29 is 9.53 Å². The van der Waals surface area contributed by atoms with Gasteiger partial charge in [0.25, 0.3) is 0 Å². The van der Waals surface area contributed by atoms with Crippen LogP contribution in [0.5, 0.6) is 0 Å². The molecule has 0 amide bonds. The van der Waals surface area contributed by atoms with Crippen LogP contribution in [0.25, 0.3) is 0 Å². The molecule has 0 radical (unpaired) electrons. The Hall–Kier alpha value is -0.630. The summed E-state index contributed by atoms with van der Waals surface area (Å²) >= 11 is 0. The molecule has 0 spiro atoms. The van der Waals surface area contributed by atoms with Crippen molar-refractivity contribution in [2.45, 2.75) is 130 Å². The van der Waals surface area contributed by atoms with Gasteiger partial charge in [0.1, 0.15) is 5.78 Å². The molecular weight excluding hydrogens is 344 g/mol. The molecule has 1 aliphatic heterocycles. The van der Waals surface area contributed by atoms with Gasteiger partial charge in [-0.05, 0) is 50.4 Å². The van der Waals surface area contributed by atoms with Crippen LogP contribution in [0.3, 0.4) is 0 Å². The molecule has 0 aromatic carbocycles. The monoisotopic (exact) mass is 392 g/mol. The van der Waals surface area contributed by atoms with E-state index in [4.69, 9.17) is 4.74 Å². The lowest BCUT2D eigenvalue weighted by atomic mass is 9.91. The number of Topliss-reactive ketones (excluding diaryl/α,β-unsaturated/α-hetero) is 1. The quantitative estimate of drug-likeness (QED) is 0.174. The number of unbranched alkanes of at least 4 members (excludes halogenated alkanes) is 11. The molecule has 164 valence electrons. The predicted octanol–water partition coefficient (Wildman–Crippen LogP) is 8.04. The summed E-state index contributed by atoms with van der Waals surface area (Å²) in [6.07, 6.45) is 24.5. The number of allylic oxidation sites excluding steroid dienone is 2. The zero-order valence-electron chi connectivity index (χ0n) is 19.2. The van der Waals surface area contributed by atoms with Crippen molar-refractivity contribution in [3.8, 4) is 0 Å². The summed E-state index contributed by atoms with van der Waals surface area (Å²) in [5, 5.41) is 0. The summed E-state index contributed by atoms with van der Waals surface area (Å²) in [7, 11) is 0. The van der Waals surface area contributed by atoms with E-state index < -0.39 is 0 Å². The van der Waals surface area contributed by atoms with E-state index in [0.29, 0.717) is 30.1 Å². The fourth-order valence-electron chi connectivity index (χ4n) is 4.11. The predicted molar refractivity (Wildman–Crippen MR) is 122 cm³/mol. The highest BCUT2D eigenvalue weighted by molar-refractivity contribution is 5.78. The first-order valence-electron chi connectivity index (χ1n) is 12.4. The van der Waals surface area contributed by atoms with Gasteiger partial charge in [0, 0.05) is 19.4 Å². The molecule has 0 bridgehead atoms. The van der Waals surface area contributed by atoms with E-state index in [1.807, 2.05) is 0 Å². The van der Waals surface area contributed by atoms with Gasteiger partial charge in [-0.3, -0.25) is 4.79 Å². The Morgan fingerprint density at radius 2 is 1.39 bits per heavy atom. The van der Waals surface area contributed by atoms with Gasteiger partial charge in [-0.15, -0.1) is 0 Å². The summed E-state index contributed by atoms with van der Waals surface area (Å²) in [5.74, 6) is 1.69. The van der Waals surface area contributed by atoms with Crippen LogP contribution in [-0.4, -0.2) is 18.5 Å². The Bertz CT molecular complexity index is 401. The van der Waals surface area contributed by atoms with E-state index in [0.717, 1.165) is 25.9 Å². The second-order valence-corrected chi connectivity index (χ2v) is 9.12. The maximum absolute atomic E-state index is 12.1. The van der Waals surface area contributed by atoms with Crippen LogP contribution >= 0.6 is 0 Å². The summed E-state index contributed by atoms with van der Waals surface area (Å²) < 4.78 is 5.80. The SMILES string of the molecule is CCCCCCCCC=CCCCCCCCC(=O)CCC1OCC(C)C1C. The highest BCUT2D eigenvalue weighted by atomic mass is 16.5. The lowest BCUT2D eigenvalue weighted by Crippen LogP contribution is -2.17. The molecule has 1 rings (SSSR count). The zero-order chi connectivity index (χ0) is 20.5. The van der Waals surface area contributed by atoms with Crippen molar-refractivity contribution in [2.24, 2.45) is 11.8 Å². The molecule has 2 heteroatoms. The molecule has 1 fully saturated rings. The number of hydrogen-bond acceptors (Lipinski definition) is 2. The molecule has 0 saturated carbocycles. The van der Waals surface area contributed by atoms with E-state index in [1.54, 1.807) is 0 Å². The molecule has 2 nitrogen and oxygen atoms in total. The van der Waals surface area contributed by atoms with Gasteiger partial charge in [0.15, 0.2) is 0 Å². The summed E-state index contributed by atoms with van der Waals surface area (Å²) in [4.78, 5) is 12.1. The number of hydrogen-bond donors (Lipinski definition) is 0. The maximum Gasteiger partial charge on any atom is 0.133 e. The molecule has 3 unspecified atom stereocenters. The van der Waals surface area contributed by atoms with Gasteiger partial charge in [-0.2, -0.15) is 0 Å². The van der Waals surface area contributed by atoms with Crippen molar-refractivity contribution in [3.05, 3.63) is 12.2 Å². The van der Waals surface area contributed by atoms with Crippen LogP contribution < -0.4 is 0 Å². The highest BCUT2D eigenvalue weighted by Crippen LogP contribution is 2.29. The number of ether oxygens (including phenoxy) is 1. The minimum atomic E-state index is 0.313. The number of rotatable bonds is 18. The van der Waals surface area contributed by atoms with Crippen molar-refractivity contribution in [1.29, 1.82) is 0 Å². The second kappa shape index (κ2) is 17.2. The molecule has 0 aromatic heterocycles. The molecule has 0 N–H and O–H groups in total. The normalized spacial score (nSPS) is 22.3. The van der Waals surface area contributed by atoms with Crippen molar-refractivity contribution in [3.63, 3.8) is 0 Å². The molecule has 1 saturated heterocycles. The number of carbonyl (C=O) groups is 1. The maximum atomic E-state index is 12.1. The van der Waals surface area contributed by atoms with Crippen molar-refractivity contribution in [2.75, 3.05) is 6.61 Å². The Morgan fingerprint density at radius 1 is 0.821 bits per heavy atom. The Kier molecular flexibility index (Phi) is 15.6. The third-order valence-corrected chi connectivity index (χ3v) is 6.48. The first kappa shape index (κ1) is 25.4. The van der Waals surface area contributed by atoms with Gasteiger partial charge in [0.05, 0.1) is 6.10 Å². The first-order valence-corrected chi connectivity index (χ1v) is 12.4. The summed E-state index contributed by atoms with van der Waals surface area (Å²) in [5.41, 5.74) is 0. The average molecular weight is 393 g/mol. The van der Waals surface area contributed by atoms with Crippen LogP contribution in [0.1, 0.15) is 124 Å². The smallest absolute Gasteiger partial charge is 0.133 e. The Morgan fingerprint density at radius 3 is 1.96 bits per heavy atom. The fraction of sp³-hybridized carbons (Fsp3) is 0.885. The molecule has 3 atom stereocenters. The molecule has 0 aliphatic carbocycles. The summed E-state index contributed by atoms with van der Waals surface area (Å²) in [6.45, 7) is 7.65. The van der Waals surface area contributed by atoms with E-state index >= 15 is 0 Å². The van der Waals surface area contributed by atoms with Crippen LogP contribution in [0.4, 0.5) is 0 Å². The summed E-state index contributed by atoms with van der Waals surface area (Å²) in [6, 6.07) is 0. The second-order valence-electron chi connectivity index (χ2n) is 9.12. The van der Waals surface area contributed by atoms with Gasteiger partial charge < -0.3 is 4.74 Å². The van der Waals surface area contributed by atoms with Crippen LogP contribution in [0, 0.1) is 11.8 Å². The van der Waals surface area contributed by atoms with E-state index in [9.17, 15) is 4.79 Å². The van der Waals surface area contributed by atoms with Crippen LogP contribution in [0.2, 0.25) is 0 Å². The highest BCUT2D eigenvalue weighted by Gasteiger charge is 2.30. The minimum Gasteiger partial charge on any atom is -0.378 e. The van der Waals surface area contributed by atoms with Gasteiger partial charge in [-0.25, -0.2) is 0 Å². The third kappa shape index (κ3) is 12.8. The average Bonchev–Trinajstić information content (AvgIpc) is 3.01. The van der Waals surface area contributed by atoms with Gasteiger partial charge >= 0.3 is 0 Å². The lowest BCUT2D eigenvalue weighted by Gasteiger charge is -2.15. The number of carbonyl (C=O) groups excluding carboxylic acids is 1. The van der Waals surface area contributed by atoms with Crippen molar-refractivity contribution >= 4 is 5.78 Å². The molecule has 1 heterocycles. The Balaban J connectivity index is 1.82. The van der Waals surface area contributed by atoms with E-state index in [2.05, 4.69) is 32.9 Å².